The zero-order valence-corrected chi connectivity index (χ0v) is 11.2. The maximum absolute atomic E-state index is 12.0. The molecule has 2 amide bonds. The fourth-order valence-corrected chi connectivity index (χ4v) is 2.00. The minimum Gasteiger partial charge on any atom is -0.377 e. The summed E-state index contributed by atoms with van der Waals surface area (Å²) in [6.07, 6.45) is 0.101. The molecule has 5 nitrogen and oxygen atoms in total. The first-order valence-corrected chi connectivity index (χ1v) is 6.18. The summed E-state index contributed by atoms with van der Waals surface area (Å²) in [5, 5.41) is 2.38. The van der Waals surface area contributed by atoms with Crippen molar-refractivity contribution in [3.63, 3.8) is 0 Å². The van der Waals surface area contributed by atoms with Crippen LogP contribution in [0.15, 0.2) is 18.2 Å². The SMILES string of the molecule is Cc1ccc(C)c(C(=O)NC(=O)CC2(N)COC2)c1. The topological polar surface area (TPSA) is 81.4 Å². The van der Waals surface area contributed by atoms with Crippen LogP contribution >= 0.6 is 0 Å². The van der Waals surface area contributed by atoms with Crippen molar-refractivity contribution < 1.29 is 14.3 Å². The number of imide groups is 1. The summed E-state index contributed by atoms with van der Waals surface area (Å²) < 4.78 is 4.97. The zero-order valence-electron chi connectivity index (χ0n) is 11.2. The molecule has 19 heavy (non-hydrogen) atoms. The molecule has 0 spiro atoms. The lowest BCUT2D eigenvalue weighted by Crippen LogP contribution is -2.59. The summed E-state index contributed by atoms with van der Waals surface area (Å²) in [6, 6.07) is 5.55. The van der Waals surface area contributed by atoms with Crippen LogP contribution in [0.5, 0.6) is 0 Å². The van der Waals surface area contributed by atoms with E-state index in [1.165, 1.54) is 0 Å². The molecule has 102 valence electrons. The van der Waals surface area contributed by atoms with Gasteiger partial charge in [-0.05, 0) is 25.5 Å². The van der Waals surface area contributed by atoms with E-state index in [0.717, 1.165) is 11.1 Å². The molecule has 1 heterocycles. The number of nitrogens with two attached hydrogens (primary N) is 1. The molecule has 1 aromatic rings. The monoisotopic (exact) mass is 262 g/mol. The van der Waals surface area contributed by atoms with Gasteiger partial charge in [0.25, 0.3) is 5.91 Å². The van der Waals surface area contributed by atoms with Crippen LogP contribution in [-0.4, -0.2) is 30.6 Å². The summed E-state index contributed by atoms with van der Waals surface area (Å²) in [5.74, 6) is -0.744. The van der Waals surface area contributed by atoms with Crippen LogP contribution in [0, 0.1) is 13.8 Å². The van der Waals surface area contributed by atoms with Crippen LogP contribution in [-0.2, 0) is 9.53 Å². The average molecular weight is 262 g/mol. The number of ether oxygens (including phenoxy) is 1. The van der Waals surface area contributed by atoms with Gasteiger partial charge in [0, 0.05) is 12.0 Å². The zero-order chi connectivity index (χ0) is 14.0. The molecule has 0 radical (unpaired) electrons. The van der Waals surface area contributed by atoms with Crippen molar-refractivity contribution in [1.29, 1.82) is 0 Å². The van der Waals surface area contributed by atoms with E-state index in [0.29, 0.717) is 18.8 Å². The Bertz CT molecular complexity index is 521. The van der Waals surface area contributed by atoms with E-state index in [4.69, 9.17) is 10.5 Å². The van der Waals surface area contributed by atoms with Gasteiger partial charge in [-0.25, -0.2) is 0 Å². The first-order valence-electron chi connectivity index (χ1n) is 6.18. The van der Waals surface area contributed by atoms with Crippen molar-refractivity contribution in [2.45, 2.75) is 25.8 Å². The van der Waals surface area contributed by atoms with Gasteiger partial charge in [0.1, 0.15) is 0 Å². The van der Waals surface area contributed by atoms with Crippen molar-refractivity contribution in [3.05, 3.63) is 34.9 Å². The molecule has 0 bridgehead atoms. The van der Waals surface area contributed by atoms with Gasteiger partial charge in [-0.1, -0.05) is 17.7 Å². The second-order valence-electron chi connectivity index (χ2n) is 5.23. The number of amides is 2. The van der Waals surface area contributed by atoms with E-state index in [-0.39, 0.29) is 18.2 Å². The van der Waals surface area contributed by atoms with Crippen LogP contribution in [0.2, 0.25) is 0 Å². The quantitative estimate of drug-likeness (QED) is 0.839. The Morgan fingerprint density at radius 3 is 2.63 bits per heavy atom. The highest BCUT2D eigenvalue weighted by Gasteiger charge is 2.36. The van der Waals surface area contributed by atoms with E-state index in [2.05, 4.69) is 5.32 Å². The van der Waals surface area contributed by atoms with E-state index in [1.54, 1.807) is 6.07 Å². The smallest absolute Gasteiger partial charge is 0.258 e. The Balaban J connectivity index is 2.00. The molecule has 1 fully saturated rings. The maximum atomic E-state index is 12.0. The van der Waals surface area contributed by atoms with Gasteiger partial charge >= 0.3 is 0 Å². The van der Waals surface area contributed by atoms with Crippen LogP contribution in [0.4, 0.5) is 0 Å². The Morgan fingerprint density at radius 1 is 1.37 bits per heavy atom. The molecule has 1 aromatic carbocycles. The number of rotatable bonds is 3. The lowest BCUT2D eigenvalue weighted by Gasteiger charge is -2.36. The molecule has 1 aliphatic heterocycles. The van der Waals surface area contributed by atoms with Gasteiger partial charge < -0.3 is 10.5 Å². The molecule has 0 saturated carbocycles. The summed E-state index contributed by atoms with van der Waals surface area (Å²) in [7, 11) is 0. The van der Waals surface area contributed by atoms with E-state index >= 15 is 0 Å². The number of hydrogen-bond donors (Lipinski definition) is 2. The van der Waals surface area contributed by atoms with Crippen LogP contribution in [0.3, 0.4) is 0 Å². The summed E-state index contributed by atoms with van der Waals surface area (Å²) in [4.78, 5) is 23.8. The molecule has 0 atom stereocenters. The molecular formula is C14H18N2O3. The van der Waals surface area contributed by atoms with Crippen LogP contribution in [0.25, 0.3) is 0 Å². The second kappa shape index (κ2) is 5.11. The average Bonchev–Trinajstić information content (AvgIpc) is 2.30. The standard InChI is InChI=1S/C14H18N2O3/c1-9-3-4-10(2)11(5-9)13(18)16-12(17)6-14(15)7-19-8-14/h3-5H,6-8,15H2,1-2H3,(H,16,17,18). The number of aryl methyl sites for hydroxylation is 2. The Kier molecular flexibility index (Phi) is 3.68. The minimum atomic E-state index is -0.619. The number of benzene rings is 1. The van der Waals surface area contributed by atoms with Crippen molar-refractivity contribution in [2.24, 2.45) is 5.73 Å². The fraction of sp³-hybridized carbons (Fsp3) is 0.429. The van der Waals surface area contributed by atoms with Gasteiger partial charge in [-0.2, -0.15) is 0 Å². The predicted molar refractivity (Wildman–Crippen MR) is 70.7 cm³/mol. The van der Waals surface area contributed by atoms with Gasteiger partial charge in [-0.15, -0.1) is 0 Å². The van der Waals surface area contributed by atoms with Crippen molar-refractivity contribution in [1.82, 2.24) is 5.32 Å². The third kappa shape index (κ3) is 3.19. The molecular weight excluding hydrogens is 244 g/mol. The predicted octanol–water partition coefficient (Wildman–Crippen LogP) is 0.678. The molecule has 0 aliphatic carbocycles. The molecule has 3 N–H and O–H groups in total. The molecule has 1 saturated heterocycles. The highest BCUT2D eigenvalue weighted by molar-refractivity contribution is 6.05. The van der Waals surface area contributed by atoms with Gasteiger partial charge in [0.05, 0.1) is 18.8 Å². The maximum Gasteiger partial charge on any atom is 0.258 e. The first-order chi connectivity index (χ1) is 8.89. The third-order valence-electron chi connectivity index (χ3n) is 3.18. The highest BCUT2D eigenvalue weighted by Crippen LogP contribution is 2.17. The Labute approximate surface area is 112 Å². The molecule has 1 aliphatic rings. The summed E-state index contributed by atoms with van der Waals surface area (Å²) in [6.45, 7) is 4.46. The van der Waals surface area contributed by atoms with Crippen LogP contribution in [0.1, 0.15) is 27.9 Å². The lowest BCUT2D eigenvalue weighted by molar-refractivity contribution is -0.127. The minimum absolute atomic E-state index is 0.101. The van der Waals surface area contributed by atoms with E-state index in [1.807, 2.05) is 26.0 Å². The Morgan fingerprint density at radius 2 is 2.05 bits per heavy atom. The first kappa shape index (κ1) is 13.7. The third-order valence-corrected chi connectivity index (χ3v) is 3.18. The largest absolute Gasteiger partial charge is 0.377 e. The van der Waals surface area contributed by atoms with Gasteiger partial charge in [0.2, 0.25) is 5.91 Å². The number of hydrogen-bond acceptors (Lipinski definition) is 4. The van der Waals surface area contributed by atoms with E-state index in [9.17, 15) is 9.59 Å². The summed E-state index contributed by atoms with van der Waals surface area (Å²) in [5.41, 5.74) is 7.59. The number of nitrogens with one attached hydrogen (secondary N) is 1. The van der Waals surface area contributed by atoms with Crippen molar-refractivity contribution >= 4 is 11.8 Å². The summed E-state index contributed by atoms with van der Waals surface area (Å²) >= 11 is 0. The highest BCUT2D eigenvalue weighted by atomic mass is 16.5. The molecule has 0 aromatic heterocycles. The normalized spacial score (nSPS) is 16.6. The molecule has 2 rings (SSSR count). The number of carbonyl (C=O) groups excluding carboxylic acids is 2. The molecule has 0 unspecified atom stereocenters. The van der Waals surface area contributed by atoms with Crippen molar-refractivity contribution in [3.8, 4) is 0 Å². The van der Waals surface area contributed by atoms with Gasteiger partial charge in [0.15, 0.2) is 0 Å². The van der Waals surface area contributed by atoms with E-state index < -0.39 is 5.54 Å². The number of carbonyl (C=O) groups is 2. The molecule has 5 heteroatoms. The Hall–Kier alpha value is -1.72. The lowest BCUT2D eigenvalue weighted by atomic mass is 9.94. The van der Waals surface area contributed by atoms with Gasteiger partial charge in [-0.3, -0.25) is 14.9 Å². The second-order valence-corrected chi connectivity index (χ2v) is 5.23. The van der Waals surface area contributed by atoms with Crippen LogP contribution < -0.4 is 11.1 Å². The van der Waals surface area contributed by atoms with Crippen molar-refractivity contribution in [2.75, 3.05) is 13.2 Å². The fourth-order valence-electron chi connectivity index (χ4n) is 2.00.